The Morgan fingerprint density at radius 3 is 2.76 bits per heavy atom. The third-order valence-corrected chi connectivity index (χ3v) is 2.92. The van der Waals surface area contributed by atoms with Gasteiger partial charge in [-0.15, -0.1) is 16.7 Å². The molecule has 0 aliphatic carbocycles. The van der Waals surface area contributed by atoms with Gasteiger partial charge < -0.3 is 0 Å². The SMILES string of the molecule is Fc1cc(-n2cc(CCCl)nn2)c(F)cc1Br. The maximum Gasteiger partial charge on any atom is 0.150 e. The van der Waals surface area contributed by atoms with Gasteiger partial charge in [0.05, 0.1) is 16.4 Å². The van der Waals surface area contributed by atoms with Gasteiger partial charge >= 0.3 is 0 Å². The van der Waals surface area contributed by atoms with Crippen molar-refractivity contribution in [1.82, 2.24) is 15.0 Å². The summed E-state index contributed by atoms with van der Waals surface area (Å²) in [5.74, 6) is -0.744. The highest BCUT2D eigenvalue weighted by Crippen LogP contribution is 2.22. The third-order valence-electron chi connectivity index (χ3n) is 2.13. The van der Waals surface area contributed by atoms with E-state index in [0.29, 0.717) is 18.0 Å². The van der Waals surface area contributed by atoms with E-state index in [1.807, 2.05) is 0 Å². The molecule has 0 spiro atoms. The molecule has 0 aliphatic heterocycles. The predicted octanol–water partition coefficient (Wildman–Crippen LogP) is 3.09. The molecule has 0 saturated carbocycles. The smallest absolute Gasteiger partial charge is 0.150 e. The first-order valence-electron chi connectivity index (χ1n) is 4.74. The summed E-state index contributed by atoms with van der Waals surface area (Å²) in [4.78, 5) is 0. The van der Waals surface area contributed by atoms with Crippen LogP contribution in [0.3, 0.4) is 0 Å². The van der Waals surface area contributed by atoms with Crippen LogP contribution in [0.1, 0.15) is 5.69 Å². The molecule has 2 aromatic rings. The van der Waals surface area contributed by atoms with Gasteiger partial charge in [0, 0.05) is 18.4 Å². The minimum atomic E-state index is -0.583. The molecule has 0 aliphatic rings. The molecule has 2 rings (SSSR count). The zero-order valence-corrected chi connectivity index (χ0v) is 10.8. The number of rotatable bonds is 3. The number of benzene rings is 1. The molecule has 3 nitrogen and oxygen atoms in total. The lowest BCUT2D eigenvalue weighted by Gasteiger charge is -2.03. The van der Waals surface area contributed by atoms with E-state index in [0.717, 1.165) is 12.1 Å². The fourth-order valence-electron chi connectivity index (χ4n) is 1.32. The van der Waals surface area contributed by atoms with Gasteiger partial charge in [-0.2, -0.15) is 0 Å². The summed E-state index contributed by atoms with van der Waals surface area (Å²) in [5.41, 5.74) is 0.641. The summed E-state index contributed by atoms with van der Waals surface area (Å²) in [7, 11) is 0. The predicted molar refractivity (Wildman–Crippen MR) is 63.4 cm³/mol. The molecule has 0 amide bonds. The molecule has 1 aromatic carbocycles. The molecule has 0 atom stereocenters. The lowest BCUT2D eigenvalue weighted by Crippen LogP contribution is -2.00. The van der Waals surface area contributed by atoms with E-state index in [9.17, 15) is 8.78 Å². The van der Waals surface area contributed by atoms with Crippen LogP contribution in [0, 0.1) is 11.6 Å². The highest BCUT2D eigenvalue weighted by Gasteiger charge is 2.11. The summed E-state index contributed by atoms with van der Waals surface area (Å²) in [5, 5.41) is 7.53. The van der Waals surface area contributed by atoms with Crippen molar-refractivity contribution >= 4 is 27.5 Å². The maximum absolute atomic E-state index is 13.6. The van der Waals surface area contributed by atoms with Gasteiger partial charge in [0.25, 0.3) is 0 Å². The Kier molecular flexibility index (Phi) is 3.73. The molecule has 0 radical (unpaired) electrons. The third kappa shape index (κ3) is 2.63. The van der Waals surface area contributed by atoms with Gasteiger partial charge in [0.1, 0.15) is 17.3 Å². The highest BCUT2D eigenvalue weighted by atomic mass is 79.9. The molecule has 7 heteroatoms. The maximum atomic E-state index is 13.6. The quantitative estimate of drug-likeness (QED) is 0.642. The minimum absolute atomic E-state index is 0.0130. The van der Waals surface area contributed by atoms with Crippen LogP contribution in [0.2, 0.25) is 0 Å². The molecule has 1 aromatic heterocycles. The van der Waals surface area contributed by atoms with E-state index in [2.05, 4.69) is 26.2 Å². The van der Waals surface area contributed by atoms with Crippen molar-refractivity contribution in [2.24, 2.45) is 0 Å². The van der Waals surface area contributed by atoms with E-state index in [1.165, 1.54) is 10.9 Å². The number of hydrogen-bond donors (Lipinski definition) is 0. The summed E-state index contributed by atoms with van der Waals surface area (Å²) in [6, 6.07) is 2.10. The Bertz CT molecular complexity index is 544. The van der Waals surface area contributed by atoms with Crippen LogP contribution in [0.5, 0.6) is 0 Å². The second-order valence-corrected chi connectivity index (χ2v) is 4.54. The van der Waals surface area contributed by atoms with Crippen molar-refractivity contribution in [3.63, 3.8) is 0 Å². The average Bonchev–Trinajstić information content (AvgIpc) is 2.72. The van der Waals surface area contributed by atoms with E-state index in [1.54, 1.807) is 0 Å². The molecule has 1 heterocycles. The Morgan fingerprint density at radius 2 is 2.06 bits per heavy atom. The largest absolute Gasteiger partial charge is 0.217 e. The zero-order chi connectivity index (χ0) is 12.4. The molecular weight excluding hydrogens is 315 g/mol. The lowest BCUT2D eigenvalue weighted by molar-refractivity contribution is 0.579. The van der Waals surface area contributed by atoms with Crippen LogP contribution in [0.4, 0.5) is 8.78 Å². The number of alkyl halides is 1. The second-order valence-electron chi connectivity index (χ2n) is 3.31. The Labute approximate surface area is 110 Å². The summed E-state index contributed by atoms with van der Waals surface area (Å²) in [6.45, 7) is 0. The number of halogens is 4. The van der Waals surface area contributed by atoms with Crippen molar-refractivity contribution in [3.05, 3.63) is 40.1 Å². The van der Waals surface area contributed by atoms with E-state index >= 15 is 0 Å². The van der Waals surface area contributed by atoms with Crippen molar-refractivity contribution in [3.8, 4) is 5.69 Å². The number of aryl methyl sites for hydroxylation is 1. The van der Waals surface area contributed by atoms with Crippen molar-refractivity contribution in [2.45, 2.75) is 6.42 Å². The van der Waals surface area contributed by atoms with Crippen molar-refractivity contribution < 1.29 is 8.78 Å². The second kappa shape index (κ2) is 5.10. The van der Waals surface area contributed by atoms with Gasteiger partial charge in [-0.3, -0.25) is 0 Å². The summed E-state index contributed by atoms with van der Waals surface area (Å²) in [6.07, 6.45) is 2.05. The van der Waals surface area contributed by atoms with Crippen LogP contribution >= 0.6 is 27.5 Å². The van der Waals surface area contributed by atoms with Gasteiger partial charge in [0.2, 0.25) is 0 Å². The zero-order valence-electron chi connectivity index (χ0n) is 8.50. The van der Waals surface area contributed by atoms with Crippen molar-refractivity contribution in [2.75, 3.05) is 5.88 Å². The first-order valence-corrected chi connectivity index (χ1v) is 6.06. The van der Waals surface area contributed by atoms with Crippen LogP contribution in [-0.4, -0.2) is 20.9 Å². The lowest BCUT2D eigenvalue weighted by atomic mass is 10.3. The molecular formula is C10H7BrClF2N3. The van der Waals surface area contributed by atoms with Crippen LogP contribution in [-0.2, 0) is 6.42 Å². The Hall–Kier alpha value is -1.01. The molecule has 0 fully saturated rings. The molecule has 17 heavy (non-hydrogen) atoms. The monoisotopic (exact) mass is 321 g/mol. The summed E-state index contributed by atoms with van der Waals surface area (Å²) < 4.78 is 28.2. The fraction of sp³-hybridized carbons (Fsp3) is 0.200. The molecule has 0 N–H and O–H groups in total. The van der Waals surface area contributed by atoms with Crippen LogP contribution in [0.15, 0.2) is 22.8 Å². The Morgan fingerprint density at radius 1 is 1.29 bits per heavy atom. The van der Waals surface area contributed by atoms with Crippen LogP contribution in [0.25, 0.3) is 5.69 Å². The highest BCUT2D eigenvalue weighted by molar-refractivity contribution is 9.10. The van der Waals surface area contributed by atoms with Crippen molar-refractivity contribution in [1.29, 1.82) is 0 Å². The fourth-order valence-corrected chi connectivity index (χ4v) is 1.82. The minimum Gasteiger partial charge on any atom is -0.217 e. The van der Waals surface area contributed by atoms with E-state index in [-0.39, 0.29) is 10.2 Å². The molecule has 90 valence electrons. The molecule has 0 unspecified atom stereocenters. The number of aromatic nitrogens is 3. The number of hydrogen-bond acceptors (Lipinski definition) is 2. The van der Waals surface area contributed by atoms with Gasteiger partial charge in [-0.1, -0.05) is 5.21 Å². The first-order chi connectivity index (χ1) is 8.11. The first kappa shape index (κ1) is 12.4. The normalized spacial score (nSPS) is 10.8. The van der Waals surface area contributed by atoms with E-state index in [4.69, 9.17) is 11.6 Å². The molecule has 0 saturated heterocycles. The Balaban J connectivity index is 2.41. The number of nitrogens with zero attached hydrogens (tertiary/aromatic N) is 3. The standard InChI is InChI=1S/C10H7BrClF2N3/c11-7-3-9(14)10(4-8(7)13)17-5-6(1-2-12)15-16-17/h3-5H,1-2H2. The topological polar surface area (TPSA) is 30.7 Å². The summed E-state index contributed by atoms with van der Waals surface area (Å²) >= 11 is 8.46. The average molecular weight is 323 g/mol. The van der Waals surface area contributed by atoms with Gasteiger partial charge in [0.15, 0.2) is 0 Å². The molecule has 0 bridgehead atoms. The van der Waals surface area contributed by atoms with Gasteiger partial charge in [-0.25, -0.2) is 13.5 Å². The van der Waals surface area contributed by atoms with Crippen LogP contribution < -0.4 is 0 Å². The van der Waals surface area contributed by atoms with Gasteiger partial charge in [-0.05, 0) is 22.0 Å². The van der Waals surface area contributed by atoms with E-state index < -0.39 is 11.6 Å².